The Hall–Kier alpha value is -0.730. The first kappa shape index (κ1) is 13.7. The third kappa shape index (κ3) is 2.99. The first-order valence-corrected chi connectivity index (χ1v) is 7.17. The smallest absolute Gasteiger partial charge is 0.121 e. The summed E-state index contributed by atoms with van der Waals surface area (Å²) in [6.45, 7) is 5.28. The first-order chi connectivity index (χ1) is 8.59. The summed E-state index contributed by atoms with van der Waals surface area (Å²) < 4.78 is 0. The van der Waals surface area contributed by atoms with Crippen LogP contribution in [0.15, 0.2) is 18.2 Å². The van der Waals surface area contributed by atoms with Gasteiger partial charge in [-0.2, -0.15) is 0 Å². The van der Waals surface area contributed by atoms with Crippen molar-refractivity contribution in [2.24, 2.45) is 11.8 Å². The van der Waals surface area contributed by atoms with Gasteiger partial charge in [-0.15, -0.1) is 0 Å². The number of nitrogens with one attached hydrogen (secondary N) is 1. The molecule has 3 atom stereocenters. The lowest BCUT2D eigenvalue weighted by molar-refractivity contribution is 0.205. The van der Waals surface area contributed by atoms with Crippen molar-refractivity contribution in [3.63, 3.8) is 0 Å². The minimum absolute atomic E-state index is 0.284. The van der Waals surface area contributed by atoms with Crippen molar-refractivity contribution < 1.29 is 5.11 Å². The third-order valence-electron chi connectivity index (χ3n) is 4.34. The maximum Gasteiger partial charge on any atom is 0.121 e. The number of hydrogen-bond donors (Lipinski definition) is 2. The average molecular weight is 268 g/mol. The van der Waals surface area contributed by atoms with Crippen molar-refractivity contribution in [1.82, 2.24) is 5.32 Å². The fraction of sp³-hybridized carbons (Fsp3) is 0.600. The Morgan fingerprint density at radius 1 is 1.33 bits per heavy atom. The van der Waals surface area contributed by atoms with E-state index in [1.807, 2.05) is 6.07 Å². The van der Waals surface area contributed by atoms with Crippen molar-refractivity contribution in [3.05, 3.63) is 28.8 Å². The SMILES string of the molecule is CC1CCCC(NCc2c(O)cccc2Cl)C1C. The van der Waals surface area contributed by atoms with Gasteiger partial charge in [-0.05, 0) is 30.4 Å². The molecule has 1 fully saturated rings. The van der Waals surface area contributed by atoms with E-state index in [9.17, 15) is 5.11 Å². The highest BCUT2D eigenvalue weighted by atomic mass is 35.5. The van der Waals surface area contributed by atoms with Crippen LogP contribution in [0.1, 0.15) is 38.7 Å². The molecule has 1 aromatic carbocycles. The van der Waals surface area contributed by atoms with Crippen LogP contribution < -0.4 is 5.32 Å². The molecular formula is C15H22ClNO. The van der Waals surface area contributed by atoms with Gasteiger partial charge in [0, 0.05) is 23.2 Å². The summed E-state index contributed by atoms with van der Waals surface area (Å²) >= 11 is 6.11. The molecule has 1 aromatic rings. The second-order valence-electron chi connectivity index (χ2n) is 5.49. The van der Waals surface area contributed by atoms with E-state index in [0.717, 1.165) is 11.5 Å². The summed E-state index contributed by atoms with van der Waals surface area (Å²) in [5.74, 6) is 1.74. The minimum atomic E-state index is 0.284. The van der Waals surface area contributed by atoms with Gasteiger partial charge < -0.3 is 10.4 Å². The number of phenols is 1. The predicted molar refractivity (Wildman–Crippen MR) is 75.9 cm³/mol. The van der Waals surface area contributed by atoms with Gasteiger partial charge in [0.05, 0.1) is 0 Å². The molecule has 0 aliphatic heterocycles. The highest BCUT2D eigenvalue weighted by molar-refractivity contribution is 6.31. The van der Waals surface area contributed by atoms with Gasteiger partial charge in [-0.3, -0.25) is 0 Å². The molecule has 100 valence electrons. The molecule has 0 amide bonds. The number of halogens is 1. The normalized spacial score (nSPS) is 28.3. The van der Waals surface area contributed by atoms with Gasteiger partial charge in [-0.1, -0.05) is 44.4 Å². The summed E-state index contributed by atoms with van der Waals surface area (Å²) in [5, 5.41) is 14.0. The molecule has 3 unspecified atom stereocenters. The average Bonchev–Trinajstić information content (AvgIpc) is 2.33. The molecule has 1 aliphatic carbocycles. The molecule has 2 N–H and O–H groups in total. The minimum Gasteiger partial charge on any atom is -0.508 e. The molecule has 0 aromatic heterocycles. The number of aromatic hydroxyl groups is 1. The molecule has 0 bridgehead atoms. The zero-order valence-electron chi connectivity index (χ0n) is 11.1. The van der Waals surface area contributed by atoms with Crippen LogP contribution in [0, 0.1) is 11.8 Å². The zero-order valence-corrected chi connectivity index (χ0v) is 11.9. The Morgan fingerprint density at radius 3 is 2.83 bits per heavy atom. The van der Waals surface area contributed by atoms with Gasteiger partial charge in [0.15, 0.2) is 0 Å². The summed E-state index contributed by atoms with van der Waals surface area (Å²) in [6, 6.07) is 5.82. The lowest BCUT2D eigenvalue weighted by Gasteiger charge is -2.35. The third-order valence-corrected chi connectivity index (χ3v) is 4.70. The van der Waals surface area contributed by atoms with Gasteiger partial charge in [0.25, 0.3) is 0 Å². The topological polar surface area (TPSA) is 32.3 Å². The quantitative estimate of drug-likeness (QED) is 0.869. The van der Waals surface area contributed by atoms with Crippen molar-refractivity contribution >= 4 is 11.6 Å². The fourth-order valence-electron chi connectivity index (χ4n) is 2.83. The molecule has 0 saturated heterocycles. The Bertz CT molecular complexity index is 387. The molecular weight excluding hydrogens is 246 g/mol. The van der Waals surface area contributed by atoms with E-state index in [2.05, 4.69) is 19.2 Å². The standard InChI is InChI=1S/C15H22ClNO/c1-10-5-3-7-14(11(10)2)17-9-12-13(16)6-4-8-15(12)18/h4,6,8,10-11,14,17-18H,3,5,7,9H2,1-2H3. The Labute approximate surface area is 114 Å². The van der Waals surface area contributed by atoms with Crippen molar-refractivity contribution in [1.29, 1.82) is 0 Å². The first-order valence-electron chi connectivity index (χ1n) is 6.79. The second-order valence-corrected chi connectivity index (χ2v) is 5.90. The molecule has 1 aliphatic rings. The van der Waals surface area contributed by atoms with Crippen LogP contribution in [0.2, 0.25) is 5.02 Å². The van der Waals surface area contributed by atoms with Crippen LogP contribution in [0.25, 0.3) is 0 Å². The molecule has 0 radical (unpaired) electrons. The van der Waals surface area contributed by atoms with E-state index in [1.165, 1.54) is 19.3 Å². The van der Waals surface area contributed by atoms with Crippen molar-refractivity contribution in [2.75, 3.05) is 0 Å². The van der Waals surface area contributed by atoms with Gasteiger partial charge in [-0.25, -0.2) is 0 Å². The highest BCUT2D eigenvalue weighted by Crippen LogP contribution is 2.31. The molecule has 18 heavy (non-hydrogen) atoms. The number of phenolic OH excluding ortho intramolecular Hbond substituents is 1. The van der Waals surface area contributed by atoms with E-state index in [4.69, 9.17) is 11.6 Å². The van der Waals surface area contributed by atoms with E-state index in [1.54, 1.807) is 12.1 Å². The molecule has 0 heterocycles. The largest absolute Gasteiger partial charge is 0.508 e. The van der Waals surface area contributed by atoms with E-state index in [0.29, 0.717) is 23.5 Å². The van der Waals surface area contributed by atoms with Gasteiger partial charge >= 0.3 is 0 Å². The van der Waals surface area contributed by atoms with E-state index < -0.39 is 0 Å². The van der Waals surface area contributed by atoms with Crippen LogP contribution in [-0.2, 0) is 6.54 Å². The Morgan fingerprint density at radius 2 is 2.11 bits per heavy atom. The lowest BCUT2D eigenvalue weighted by atomic mass is 9.78. The van der Waals surface area contributed by atoms with Crippen LogP contribution in [0.5, 0.6) is 5.75 Å². The van der Waals surface area contributed by atoms with Crippen molar-refractivity contribution in [3.8, 4) is 5.75 Å². The number of rotatable bonds is 3. The molecule has 2 nitrogen and oxygen atoms in total. The zero-order chi connectivity index (χ0) is 13.1. The molecule has 1 saturated carbocycles. The van der Waals surface area contributed by atoms with Gasteiger partial charge in [0.2, 0.25) is 0 Å². The van der Waals surface area contributed by atoms with Crippen LogP contribution in [-0.4, -0.2) is 11.1 Å². The second kappa shape index (κ2) is 5.94. The van der Waals surface area contributed by atoms with Crippen molar-refractivity contribution in [2.45, 2.75) is 45.7 Å². The molecule has 3 heteroatoms. The summed E-state index contributed by atoms with van der Waals surface area (Å²) in [5.41, 5.74) is 0.810. The lowest BCUT2D eigenvalue weighted by Crippen LogP contribution is -2.40. The predicted octanol–water partition coefficient (Wildman–Crippen LogP) is 3.96. The van der Waals surface area contributed by atoms with Gasteiger partial charge in [0.1, 0.15) is 5.75 Å². The monoisotopic (exact) mass is 267 g/mol. The summed E-state index contributed by atoms with van der Waals surface area (Å²) in [6.07, 6.45) is 3.84. The Balaban J connectivity index is 1.99. The van der Waals surface area contributed by atoms with Crippen LogP contribution >= 0.6 is 11.6 Å². The number of benzene rings is 1. The van der Waals surface area contributed by atoms with E-state index >= 15 is 0 Å². The fourth-order valence-corrected chi connectivity index (χ4v) is 3.06. The summed E-state index contributed by atoms with van der Waals surface area (Å²) in [7, 11) is 0. The van der Waals surface area contributed by atoms with Crippen LogP contribution in [0.3, 0.4) is 0 Å². The number of hydrogen-bond acceptors (Lipinski definition) is 2. The maximum absolute atomic E-state index is 9.81. The maximum atomic E-state index is 9.81. The van der Waals surface area contributed by atoms with Crippen LogP contribution in [0.4, 0.5) is 0 Å². The Kier molecular flexibility index (Phi) is 4.52. The highest BCUT2D eigenvalue weighted by Gasteiger charge is 2.26. The van der Waals surface area contributed by atoms with E-state index in [-0.39, 0.29) is 5.75 Å². The molecule has 0 spiro atoms. The molecule has 2 rings (SSSR count). The summed E-state index contributed by atoms with van der Waals surface area (Å²) in [4.78, 5) is 0.